The average Bonchev–Trinajstić information content (AvgIpc) is 2.79. The number of nitro groups is 1. The molecule has 0 atom stereocenters. The van der Waals surface area contributed by atoms with Gasteiger partial charge in [0.15, 0.2) is 5.82 Å². The predicted octanol–water partition coefficient (Wildman–Crippen LogP) is 5.18. The first kappa shape index (κ1) is 23.8. The lowest BCUT2D eigenvalue weighted by atomic mass is 10.2. The molecule has 14 heteroatoms. The van der Waals surface area contributed by atoms with Crippen LogP contribution in [-0.4, -0.2) is 46.1 Å². The molecule has 0 radical (unpaired) electrons. The summed E-state index contributed by atoms with van der Waals surface area (Å²) in [4.78, 5) is 26.7. The first-order chi connectivity index (χ1) is 16.1. The number of benzene rings is 1. The highest BCUT2D eigenvalue weighted by molar-refractivity contribution is 6.33. The molecule has 178 valence electrons. The summed E-state index contributed by atoms with van der Waals surface area (Å²) < 4.78 is 38.6. The average molecular weight is 514 g/mol. The number of halogens is 5. The number of pyridine rings is 1. The van der Waals surface area contributed by atoms with Crippen molar-refractivity contribution in [2.24, 2.45) is 0 Å². The highest BCUT2D eigenvalue weighted by Crippen LogP contribution is 2.37. The van der Waals surface area contributed by atoms with Crippen molar-refractivity contribution in [3.63, 3.8) is 0 Å². The number of piperazine rings is 1. The monoisotopic (exact) mass is 513 g/mol. The zero-order valence-corrected chi connectivity index (χ0v) is 18.8. The Morgan fingerprint density at radius 2 is 1.71 bits per heavy atom. The molecule has 0 aliphatic carbocycles. The van der Waals surface area contributed by atoms with Crippen LogP contribution < -0.4 is 15.1 Å². The van der Waals surface area contributed by atoms with E-state index in [9.17, 15) is 23.3 Å². The van der Waals surface area contributed by atoms with Crippen molar-refractivity contribution in [1.29, 1.82) is 0 Å². The van der Waals surface area contributed by atoms with Crippen LogP contribution in [0.25, 0.3) is 0 Å². The number of alkyl halides is 3. The number of nitrogens with one attached hydrogen (secondary N) is 1. The van der Waals surface area contributed by atoms with E-state index in [0.717, 1.165) is 12.0 Å². The normalized spacial score (nSPS) is 14.3. The molecule has 2 aromatic heterocycles. The van der Waals surface area contributed by atoms with E-state index in [1.165, 1.54) is 0 Å². The van der Waals surface area contributed by atoms with Gasteiger partial charge in [-0.3, -0.25) is 10.1 Å². The van der Waals surface area contributed by atoms with E-state index in [4.69, 9.17) is 23.2 Å². The third kappa shape index (κ3) is 5.07. The largest absolute Gasteiger partial charge is 0.417 e. The molecule has 0 bridgehead atoms. The van der Waals surface area contributed by atoms with Crippen LogP contribution in [0.5, 0.6) is 0 Å². The van der Waals surface area contributed by atoms with E-state index in [1.807, 2.05) is 18.2 Å². The topological polar surface area (TPSA) is 100 Å². The minimum absolute atomic E-state index is 0.0799. The van der Waals surface area contributed by atoms with Gasteiger partial charge in [-0.2, -0.15) is 13.2 Å². The summed E-state index contributed by atoms with van der Waals surface area (Å²) in [6, 6.07) is 8.07. The second-order valence-corrected chi connectivity index (χ2v) is 8.13. The maximum atomic E-state index is 12.9. The van der Waals surface area contributed by atoms with Gasteiger partial charge in [0.05, 0.1) is 15.5 Å². The van der Waals surface area contributed by atoms with Crippen molar-refractivity contribution in [2.75, 3.05) is 41.3 Å². The molecule has 9 nitrogen and oxygen atoms in total. The van der Waals surface area contributed by atoms with Crippen molar-refractivity contribution < 1.29 is 18.1 Å². The number of aromatic nitrogens is 3. The van der Waals surface area contributed by atoms with Crippen molar-refractivity contribution in [1.82, 2.24) is 15.0 Å². The Balaban J connectivity index is 1.57. The lowest BCUT2D eigenvalue weighted by molar-refractivity contribution is -0.383. The fourth-order valence-electron chi connectivity index (χ4n) is 3.51. The van der Waals surface area contributed by atoms with Crippen molar-refractivity contribution >= 4 is 52.0 Å². The highest BCUT2D eigenvalue weighted by Gasteiger charge is 2.33. The summed E-state index contributed by atoms with van der Waals surface area (Å²) in [7, 11) is 0. The van der Waals surface area contributed by atoms with Gasteiger partial charge in [-0.15, -0.1) is 0 Å². The molecule has 3 heterocycles. The number of nitrogens with zero attached hydrogens (tertiary/aromatic N) is 6. The first-order valence-electron chi connectivity index (χ1n) is 9.88. The summed E-state index contributed by atoms with van der Waals surface area (Å²) in [5.41, 5.74) is -0.537. The van der Waals surface area contributed by atoms with Crippen LogP contribution in [0.4, 0.5) is 42.0 Å². The van der Waals surface area contributed by atoms with E-state index in [1.54, 1.807) is 11.0 Å². The van der Waals surface area contributed by atoms with E-state index in [-0.39, 0.29) is 22.5 Å². The molecule has 0 amide bonds. The number of hydrogen-bond donors (Lipinski definition) is 1. The van der Waals surface area contributed by atoms with E-state index >= 15 is 0 Å². The molecule has 1 aromatic carbocycles. The van der Waals surface area contributed by atoms with Crippen molar-refractivity contribution in [2.45, 2.75) is 6.18 Å². The smallest absolute Gasteiger partial charge is 0.368 e. The van der Waals surface area contributed by atoms with Crippen LogP contribution in [0.1, 0.15) is 5.56 Å². The molecular formula is C20H16Cl2F3N7O2. The maximum Gasteiger partial charge on any atom is 0.417 e. The van der Waals surface area contributed by atoms with Gasteiger partial charge < -0.3 is 15.1 Å². The molecule has 4 rings (SSSR count). The Morgan fingerprint density at radius 1 is 1.00 bits per heavy atom. The SMILES string of the molecule is O=[N+]([O-])c1c(Nc2ncc(C(F)(F)F)cc2Cl)ncnc1N1CCN(c2cccc(Cl)c2)CC1. The quantitative estimate of drug-likeness (QED) is 0.368. The third-order valence-corrected chi connectivity index (χ3v) is 5.67. The molecule has 0 spiro atoms. The zero-order chi connectivity index (χ0) is 24.5. The van der Waals surface area contributed by atoms with Gasteiger partial charge in [0.2, 0.25) is 11.6 Å². The Morgan fingerprint density at radius 3 is 2.32 bits per heavy atom. The number of hydrogen-bond acceptors (Lipinski definition) is 8. The van der Waals surface area contributed by atoms with Crippen molar-refractivity contribution in [3.8, 4) is 0 Å². The zero-order valence-electron chi connectivity index (χ0n) is 17.3. The summed E-state index contributed by atoms with van der Waals surface area (Å²) in [5, 5.41) is 14.7. The predicted molar refractivity (Wildman–Crippen MR) is 122 cm³/mol. The van der Waals surface area contributed by atoms with Crippen LogP contribution >= 0.6 is 23.2 Å². The Bertz CT molecular complexity index is 1220. The molecule has 1 aliphatic heterocycles. The second kappa shape index (κ2) is 9.47. The molecule has 1 saturated heterocycles. The van der Waals surface area contributed by atoms with Crippen LogP contribution in [0.2, 0.25) is 10.0 Å². The third-order valence-electron chi connectivity index (χ3n) is 5.14. The Labute approximate surface area is 201 Å². The van der Waals surface area contributed by atoms with Gasteiger partial charge in [0.25, 0.3) is 0 Å². The van der Waals surface area contributed by atoms with Crippen LogP contribution in [-0.2, 0) is 6.18 Å². The van der Waals surface area contributed by atoms with Gasteiger partial charge >= 0.3 is 11.9 Å². The van der Waals surface area contributed by atoms with Gasteiger partial charge in [-0.05, 0) is 24.3 Å². The lowest BCUT2D eigenvalue weighted by Crippen LogP contribution is -2.47. The first-order valence-corrected chi connectivity index (χ1v) is 10.6. The highest BCUT2D eigenvalue weighted by atomic mass is 35.5. The minimum atomic E-state index is -4.63. The molecule has 1 aliphatic rings. The molecule has 3 aromatic rings. The Hall–Kier alpha value is -3.38. The standard InChI is InChI=1S/C20H16Cl2F3N7O2/c21-13-2-1-3-14(9-13)30-4-6-31(7-5-30)19-16(32(33)34)18(27-11-28-19)29-17-15(22)8-12(10-26-17)20(23,24)25/h1-3,8-11H,4-7H2,(H,26,27,28,29). The van der Waals surface area contributed by atoms with E-state index in [0.29, 0.717) is 43.5 Å². The summed E-state index contributed by atoms with van der Waals surface area (Å²) in [6.45, 7) is 2.00. The fourth-order valence-corrected chi connectivity index (χ4v) is 3.90. The molecule has 0 unspecified atom stereocenters. The summed E-state index contributed by atoms with van der Waals surface area (Å²) in [5.74, 6) is -0.356. The molecule has 1 N–H and O–H groups in total. The van der Waals surface area contributed by atoms with Crippen molar-refractivity contribution in [3.05, 3.63) is 68.6 Å². The van der Waals surface area contributed by atoms with Crippen LogP contribution in [0, 0.1) is 10.1 Å². The van der Waals surface area contributed by atoms with E-state index in [2.05, 4.69) is 25.2 Å². The van der Waals surface area contributed by atoms with Gasteiger partial charge in [0.1, 0.15) is 6.33 Å². The van der Waals surface area contributed by atoms with Gasteiger partial charge in [-0.1, -0.05) is 29.3 Å². The molecule has 0 saturated carbocycles. The van der Waals surface area contributed by atoms with E-state index < -0.39 is 22.4 Å². The van der Waals surface area contributed by atoms with Gasteiger partial charge in [0, 0.05) is 43.1 Å². The van der Waals surface area contributed by atoms with Gasteiger partial charge in [-0.25, -0.2) is 15.0 Å². The number of rotatable bonds is 5. The summed E-state index contributed by atoms with van der Waals surface area (Å²) >= 11 is 12.0. The molecular weight excluding hydrogens is 498 g/mol. The minimum Gasteiger partial charge on any atom is -0.368 e. The maximum absolute atomic E-state index is 12.9. The lowest BCUT2D eigenvalue weighted by Gasteiger charge is -2.36. The molecule has 1 fully saturated rings. The number of anilines is 4. The Kier molecular flexibility index (Phi) is 6.62. The van der Waals surface area contributed by atoms with Crippen LogP contribution in [0.3, 0.4) is 0 Å². The summed E-state index contributed by atoms with van der Waals surface area (Å²) in [6.07, 6.45) is -2.92. The van der Waals surface area contributed by atoms with Crippen LogP contribution in [0.15, 0.2) is 42.9 Å². The molecule has 34 heavy (non-hydrogen) atoms. The fraction of sp³-hybridized carbons (Fsp3) is 0.250. The second-order valence-electron chi connectivity index (χ2n) is 7.28.